The Morgan fingerprint density at radius 2 is 2.05 bits per heavy atom. The molecule has 1 aromatic rings. The van der Waals surface area contributed by atoms with E-state index in [-0.39, 0.29) is 18.1 Å². The molecular formula is C13H24N6O2. The van der Waals surface area contributed by atoms with E-state index in [1.165, 1.54) is 0 Å². The monoisotopic (exact) mass is 296 g/mol. The molecule has 1 aromatic heterocycles. The summed E-state index contributed by atoms with van der Waals surface area (Å²) in [5.74, 6) is 1.20. The summed E-state index contributed by atoms with van der Waals surface area (Å²) in [6, 6.07) is 0. The summed E-state index contributed by atoms with van der Waals surface area (Å²) in [5, 5.41) is 12.5. The summed E-state index contributed by atoms with van der Waals surface area (Å²) in [7, 11) is 0. The van der Waals surface area contributed by atoms with Gasteiger partial charge in [-0.3, -0.25) is 0 Å². The Morgan fingerprint density at radius 1 is 1.33 bits per heavy atom. The lowest BCUT2D eigenvalue weighted by Gasteiger charge is -2.30. The van der Waals surface area contributed by atoms with Crippen LogP contribution in [0.5, 0.6) is 0 Å². The van der Waals surface area contributed by atoms with Crippen LogP contribution in [0, 0.1) is 0 Å². The van der Waals surface area contributed by atoms with Crippen LogP contribution < -0.4 is 16.0 Å². The quantitative estimate of drug-likeness (QED) is 0.685. The van der Waals surface area contributed by atoms with Gasteiger partial charge in [0.1, 0.15) is 0 Å². The topological polar surface area (TPSA) is 109 Å². The van der Waals surface area contributed by atoms with Gasteiger partial charge in [-0.2, -0.15) is 15.0 Å². The van der Waals surface area contributed by atoms with Crippen molar-refractivity contribution in [3.8, 4) is 0 Å². The molecule has 0 amide bonds. The number of rotatable bonds is 6. The van der Waals surface area contributed by atoms with Crippen molar-refractivity contribution in [2.24, 2.45) is 0 Å². The average molecular weight is 296 g/mol. The molecule has 0 spiro atoms. The zero-order valence-electron chi connectivity index (χ0n) is 12.7. The van der Waals surface area contributed by atoms with Crippen LogP contribution in [0.4, 0.5) is 17.8 Å². The second kappa shape index (κ2) is 6.86. The van der Waals surface area contributed by atoms with Crippen molar-refractivity contribution in [2.75, 3.05) is 48.9 Å². The SMILES string of the molecule is CCC(C)(CCO)Nc1nc(N)nc(N2CCOCC2)n1. The van der Waals surface area contributed by atoms with Crippen LogP contribution in [0.15, 0.2) is 0 Å². The van der Waals surface area contributed by atoms with Gasteiger partial charge in [0, 0.05) is 25.2 Å². The third-order valence-electron chi connectivity index (χ3n) is 3.79. The highest BCUT2D eigenvalue weighted by molar-refractivity contribution is 5.43. The first-order chi connectivity index (χ1) is 10.1. The second-order valence-corrected chi connectivity index (χ2v) is 5.43. The number of hydrogen-bond donors (Lipinski definition) is 3. The molecule has 8 heteroatoms. The van der Waals surface area contributed by atoms with E-state index >= 15 is 0 Å². The van der Waals surface area contributed by atoms with Crippen molar-refractivity contribution in [3.05, 3.63) is 0 Å². The molecule has 0 saturated carbocycles. The van der Waals surface area contributed by atoms with Gasteiger partial charge in [-0.1, -0.05) is 6.92 Å². The van der Waals surface area contributed by atoms with Crippen LogP contribution in [0.2, 0.25) is 0 Å². The van der Waals surface area contributed by atoms with Crippen LogP contribution >= 0.6 is 0 Å². The minimum Gasteiger partial charge on any atom is -0.396 e. The molecule has 1 unspecified atom stereocenters. The Bertz CT molecular complexity index is 466. The van der Waals surface area contributed by atoms with Gasteiger partial charge in [-0.25, -0.2) is 0 Å². The van der Waals surface area contributed by atoms with Gasteiger partial charge < -0.3 is 25.8 Å². The van der Waals surface area contributed by atoms with Crippen LogP contribution in [-0.4, -0.2) is 58.5 Å². The first kappa shape index (κ1) is 15.7. The van der Waals surface area contributed by atoms with E-state index in [4.69, 9.17) is 10.5 Å². The highest BCUT2D eigenvalue weighted by atomic mass is 16.5. The minimum atomic E-state index is -0.273. The van der Waals surface area contributed by atoms with Crippen molar-refractivity contribution in [2.45, 2.75) is 32.2 Å². The number of aromatic nitrogens is 3. The number of aliphatic hydroxyl groups excluding tert-OH is 1. The number of nitrogen functional groups attached to an aromatic ring is 1. The Labute approximate surface area is 124 Å². The van der Waals surface area contributed by atoms with Gasteiger partial charge in [0.15, 0.2) is 0 Å². The number of nitrogens with two attached hydrogens (primary N) is 1. The molecule has 4 N–H and O–H groups in total. The molecule has 21 heavy (non-hydrogen) atoms. The minimum absolute atomic E-state index is 0.105. The van der Waals surface area contributed by atoms with Gasteiger partial charge in [0.05, 0.1) is 13.2 Å². The third kappa shape index (κ3) is 4.15. The Kier molecular flexibility index (Phi) is 5.13. The summed E-state index contributed by atoms with van der Waals surface area (Å²) in [6.07, 6.45) is 1.45. The van der Waals surface area contributed by atoms with E-state index < -0.39 is 0 Å². The maximum atomic E-state index is 9.18. The zero-order valence-corrected chi connectivity index (χ0v) is 12.7. The highest BCUT2D eigenvalue weighted by Gasteiger charge is 2.23. The molecule has 2 heterocycles. The van der Waals surface area contributed by atoms with Crippen molar-refractivity contribution in [3.63, 3.8) is 0 Å². The molecule has 1 saturated heterocycles. The van der Waals surface area contributed by atoms with E-state index in [1.54, 1.807) is 0 Å². The zero-order chi connectivity index (χ0) is 15.3. The van der Waals surface area contributed by atoms with E-state index in [9.17, 15) is 5.11 Å². The molecule has 8 nitrogen and oxygen atoms in total. The molecule has 0 radical (unpaired) electrons. The van der Waals surface area contributed by atoms with E-state index in [0.29, 0.717) is 31.5 Å². The van der Waals surface area contributed by atoms with Crippen LogP contribution in [0.25, 0.3) is 0 Å². The number of nitrogens with one attached hydrogen (secondary N) is 1. The smallest absolute Gasteiger partial charge is 0.232 e. The van der Waals surface area contributed by atoms with Crippen LogP contribution in [0.3, 0.4) is 0 Å². The lowest BCUT2D eigenvalue weighted by Crippen LogP contribution is -2.39. The molecule has 0 bridgehead atoms. The van der Waals surface area contributed by atoms with Crippen LogP contribution in [0.1, 0.15) is 26.7 Å². The Balaban J connectivity index is 2.17. The van der Waals surface area contributed by atoms with Gasteiger partial charge >= 0.3 is 0 Å². The Morgan fingerprint density at radius 3 is 2.67 bits per heavy atom. The normalized spacial score (nSPS) is 18.3. The predicted molar refractivity (Wildman–Crippen MR) is 81.3 cm³/mol. The first-order valence-corrected chi connectivity index (χ1v) is 7.29. The molecule has 1 aliphatic heterocycles. The van der Waals surface area contributed by atoms with Crippen molar-refractivity contribution >= 4 is 17.8 Å². The second-order valence-electron chi connectivity index (χ2n) is 5.43. The molecule has 1 atom stereocenters. The largest absolute Gasteiger partial charge is 0.396 e. The number of morpholine rings is 1. The first-order valence-electron chi connectivity index (χ1n) is 7.29. The predicted octanol–water partition coefficient (Wildman–Crippen LogP) is 0.253. The molecule has 2 rings (SSSR count). The molecule has 1 fully saturated rings. The lowest BCUT2D eigenvalue weighted by molar-refractivity contribution is 0.122. The molecule has 1 aliphatic rings. The number of ether oxygens (including phenoxy) is 1. The maximum absolute atomic E-state index is 9.18. The average Bonchev–Trinajstić information content (AvgIpc) is 2.48. The fraction of sp³-hybridized carbons (Fsp3) is 0.769. The lowest BCUT2D eigenvalue weighted by atomic mass is 9.95. The number of nitrogens with zero attached hydrogens (tertiary/aromatic N) is 4. The molecule has 118 valence electrons. The van der Waals surface area contributed by atoms with Gasteiger partial charge in [-0.15, -0.1) is 0 Å². The van der Waals surface area contributed by atoms with E-state index in [0.717, 1.165) is 19.5 Å². The van der Waals surface area contributed by atoms with E-state index in [2.05, 4.69) is 27.2 Å². The van der Waals surface area contributed by atoms with E-state index in [1.807, 2.05) is 11.8 Å². The fourth-order valence-electron chi connectivity index (χ4n) is 2.19. The van der Waals surface area contributed by atoms with Crippen molar-refractivity contribution in [1.82, 2.24) is 15.0 Å². The summed E-state index contributed by atoms with van der Waals surface area (Å²) in [4.78, 5) is 14.8. The highest BCUT2D eigenvalue weighted by Crippen LogP contribution is 2.21. The molecular weight excluding hydrogens is 272 g/mol. The summed E-state index contributed by atoms with van der Waals surface area (Å²) in [5.41, 5.74) is 5.52. The summed E-state index contributed by atoms with van der Waals surface area (Å²) < 4.78 is 5.32. The number of anilines is 3. The number of aliphatic hydroxyl groups is 1. The molecule has 0 aromatic carbocycles. The van der Waals surface area contributed by atoms with Gasteiger partial charge in [-0.05, 0) is 19.8 Å². The Hall–Kier alpha value is -1.67. The summed E-state index contributed by atoms with van der Waals surface area (Å²) >= 11 is 0. The van der Waals surface area contributed by atoms with Gasteiger partial charge in [0.2, 0.25) is 17.8 Å². The van der Waals surface area contributed by atoms with Crippen molar-refractivity contribution < 1.29 is 9.84 Å². The van der Waals surface area contributed by atoms with Crippen LogP contribution in [-0.2, 0) is 4.74 Å². The van der Waals surface area contributed by atoms with Crippen molar-refractivity contribution in [1.29, 1.82) is 0 Å². The summed E-state index contributed by atoms with van der Waals surface area (Å²) in [6.45, 7) is 6.98. The maximum Gasteiger partial charge on any atom is 0.232 e. The van der Waals surface area contributed by atoms with Gasteiger partial charge in [0.25, 0.3) is 0 Å². The fourth-order valence-corrected chi connectivity index (χ4v) is 2.19. The molecule has 0 aliphatic carbocycles. The third-order valence-corrected chi connectivity index (χ3v) is 3.79. The standard InChI is InChI=1S/C13H24N6O2/c1-3-13(2,4-7-20)18-11-15-10(14)16-12(17-11)19-5-8-21-9-6-19/h20H,3-9H2,1-2H3,(H3,14,15,16,17,18). The number of hydrogen-bond acceptors (Lipinski definition) is 8.